The molecule has 2 fully saturated rings. The quantitative estimate of drug-likeness (QED) is 0.724. The lowest BCUT2D eigenvalue weighted by Crippen LogP contribution is -2.56. The monoisotopic (exact) mass is 211 g/mol. The van der Waals surface area contributed by atoms with E-state index in [1.165, 1.54) is 45.6 Å². The van der Waals surface area contributed by atoms with Crippen LogP contribution in [0.25, 0.3) is 0 Å². The van der Waals surface area contributed by atoms with Gasteiger partial charge in [0, 0.05) is 6.04 Å². The molecule has 2 atom stereocenters. The third-order valence-electron chi connectivity index (χ3n) is 4.28. The summed E-state index contributed by atoms with van der Waals surface area (Å²) in [5, 5.41) is 3.43. The van der Waals surface area contributed by atoms with E-state index >= 15 is 0 Å². The highest BCUT2D eigenvalue weighted by atomic mass is 16.5. The predicted molar refractivity (Wildman–Crippen MR) is 58.5 cm³/mol. The van der Waals surface area contributed by atoms with Crippen molar-refractivity contribution in [3.63, 3.8) is 0 Å². The first-order valence-corrected chi connectivity index (χ1v) is 6.02. The Kier molecular flexibility index (Phi) is 3.01. The van der Waals surface area contributed by atoms with Crippen molar-refractivity contribution in [1.82, 2.24) is 5.32 Å². The van der Waals surface area contributed by atoms with Crippen LogP contribution in [-0.2, 0) is 9.53 Å². The summed E-state index contributed by atoms with van der Waals surface area (Å²) in [4.78, 5) is 11.3. The van der Waals surface area contributed by atoms with Crippen LogP contribution in [0.15, 0.2) is 0 Å². The minimum Gasteiger partial charge on any atom is -0.468 e. The molecule has 3 nitrogen and oxygen atoms in total. The highest BCUT2D eigenvalue weighted by molar-refractivity contribution is 5.75. The second kappa shape index (κ2) is 4.12. The van der Waals surface area contributed by atoms with Gasteiger partial charge in [0.2, 0.25) is 0 Å². The molecule has 1 spiro atoms. The molecule has 0 aromatic rings. The Balaban J connectivity index is 1.87. The fourth-order valence-corrected chi connectivity index (χ4v) is 3.18. The van der Waals surface area contributed by atoms with Gasteiger partial charge in [-0.15, -0.1) is 0 Å². The molecule has 0 heterocycles. The Morgan fingerprint density at radius 1 is 1.40 bits per heavy atom. The molecule has 0 aliphatic heterocycles. The van der Waals surface area contributed by atoms with Crippen molar-refractivity contribution in [2.24, 2.45) is 5.41 Å². The van der Waals surface area contributed by atoms with Gasteiger partial charge in [-0.05, 0) is 38.0 Å². The van der Waals surface area contributed by atoms with Crippen molar-refractivity contribution >= 4 is 5.97 Å². The maximum Gasteiger partial charge on any atom is 0.322 e. The molecule has 2 aliphatic carbocycles. The Morgan fingerprint density at radius 3 is 2.53 bits per heavy atom. The molecule has 2 saturated carbocycles. The third kappa shape index (κ3) is 1.89. The van der Waals surface area contributed by atoms with E-state index in [9.17, 15) is 4.79 Å². The van der Waals surface area contributed by atoms with Crippen LogP contribution in [0, 0.1) is 5.41 Å². The molecule has 0 radical (unpaired) electrons. The largest absolute Gasteiger partial charge is 0.468 e. The summed E-state index contributed by atoms with van der Waals surface area (Å²) in [5.74, 6) is -0.143. The second-order valence-electron chi connectivity index (χ2n) is 5.07. The standard InChI is InChI=1S/C12H21NO2/c1-9(11(14)15-2)13-10-5-8-12(10)6-3-4-7-12/h9-10,13H,3-8H2,1-2H3/t9-,10?/m1/s1. The number of rotatable bonds is 3. The highest BCUT2D eigenvalue weighted by Gasteiger charge is 2.48. The third-order valence-corrected chi connectivity index (χ3v) is 4.28. The molecule has 0 aromatic heterocycles. The lowest BCUT2D eigenvalue weighted by atomic mass is 9.63. The number of carbonyl (C=O) groups is 1. The van der Waals surface area contributed by atoms with Crippen molar-refractivity contribution in [3.05, 3.63) is 0 Å². The van der Waals surface area contributed by atoms with Gasteiger partial charge in [-0.25, -0.2) is 0 Å². The SMILES string of the molecule is COC(=O)[C@@H](C)NC1CCC12CCCC2. The number of carbonyl (C=O) groups excluding carboxylic acids is 1. The van der Waals surface area contributed by atoms with E-state index in [0.29, 0.717) is 11.5 Å². The summed E-state index contributed by atoms with van der Waals surface area (Å²) < 4.78 is 4.73. The summed E-state index contributed by atoms with van der Waals surface area (Å²) in [6.45, 7) is 1.90. The number of nitrogens with one attached hydrogen (secondary N) is 1. The molecule has 0 aromatic carbocycles. The van der Waals surface area contributed by atoms with Crippen molar-refractivity contribution in [2.45, 2.75) is 57.5 Å². The van der Waals surface area contributed by atoms with Crippen LogP contribution >= 0.6 is 0 Å². The van der Waals surface area contributed by atoms with Gasteiger partial charge in [-0.2, -0.15) is 0 Å². The highest BCUT2D eigenvalue weighted by Crippen LogP contribution is 2.53. The molecule has 15 heavy (non-hydrogen) atoms. The zero-order valence-electron chi connectivity index (χ0n) is 9.71. The number of ether oxygens (including phenoxy) is 1. The number of hydrogen-bond acceptors (Lipinski definition) is 3. The number of esters is 1. The molecule has 0 bridgehead atoms. The van der Waals surface area contributed by atoms with Gasteiger partial charge < -0.3 is 10.1 Å². The van der Waals surface area contributed by atoms with Gasteiger partial charge in [-0.3, -0.25) is 4.79 Å². The zero-order valence-corrected chi connectivity index (χ0v) is 9.71. The van der Waals surface area contributed by atoms with Crippen LogP contribution in [0.5, 0.6) is 0 Å². The van der Waals surface area contributed by atoms with E-state index in [4.69, 9.17) is 4.74 Å². The fraction of sp³-hybridized carbons (Fsp3) is 0.917. The molecule has 86 valence electrons. The average molecular weight is 211 g/mol. The van der Waals surface area contributed by atoms with Crippen molar-refractivity contribution in [3.8, 4) is 0 Å². The van der Waals surface area contributed by atoms with Crippen LogP contribution in [0.2, 0.25) is 0 Å². The lowest BCUT2D eigenvalue weighted by Gasteiger charge is -2.48. The molecule has 0 amide bonds. The molecule has 3 heteroatoms. The minimum absolute atomic E-state index is 0.143. The van der Waals surface area contributed by atoms with E-state index in [-0.39, 0.29) is 12.0 Å². The van der Waals surface area contributed by atoms with Gasteiger partial charge in [0.15, 0.2) is 0 Å². The van der Waals surface area contributed by atoms with E-state index in [0.717, 1.165) is 0 Å². The van der Waals surface area contributed by atoms with Crippen molar-refractivity contribution in [2.75, 3.05) is 7.11 Å². The topological polar surface area (TPSA) is 38.3 Å². The van der Waals surface area contributed by atoms with Gasteiger partial charge in [0.25, 0.3) is 0 Å². The molecular weight excluding hydrogens is 190 g/mol. The minimum atomic E-state index is -0.155. The van der Waals surface area contributed by atoms with Gasteiger partial charge in [-0.1, -0.05) is 12.8 Å². The Morgan fingerprint density at radius 2 is 2.07 bits per heavy atom. The molecule has 2 rings (SSSR count). The summed E-state index contributed by atoms with van der Waals surface area (Å²) in [7, 11) is 1.45. The van der Waals surface area contributed by atoms with Crippen LogP contribution in [0.3, 0.4) is 0 Å². The second-order valence-corrected chi connectivity index (χ2v) is 5.07. The Bertz CT molecular complexity index is 246. The maximum absolute atomic E-state index is 11.3. The van der Waals surface area contributed by atoms with Gasteiger partial charge in [0.1, 0.15) is 6.04 Å². The predicted octanol–water partition coefficient (Wildman–Crippen LogP) is 1.86. The van der Waals surface area contributed by atoms with Crippen LogP contribution in [0.1, 0.15) is 45.4 Å². The van der Waals surface area contributed by atoms with Crippen LogP contribution < -0.4 is 5.32 Å². The lowest BCUT2D eigenvalue weighted by molar-refractivity contribution is -0.143. The zero-order chi connectivity index (χ0) is 10.9. The summed E-state index contributed by atoms with van der Waals surface area (Å²) in [6.07, 6.45) is 7.99. The first-order valence-electron chi connectivity index (χ1n) is 6.02. The summed E-state index contributed by atoms with van der Waals surface area (Å²) >= 11 is 0. The Hall–Kier alpha value is -0.570. The number of hydrogen-bond donors (Lipinski definition) is 1. The number of methoxy groups -OCH3 is 1. The van der Waals surface area contributed by atoms with Crippen molar-refractivity contribution < 1.29 is 9.53 Å². The average Bonchev–Trinajstić information content (AvgIpc) is 2.74. The molecule has 1 N–H and O–H groups in total. The van der Waals surface area contributed by atoms with E-state index in [1.54, 1.807) is 0 Å². The fourth-order valence-electron chi connectivity index (χ4n) is 3.18. The van der Waals surface area contributed by atoms with Gasteiger partial charge >= 0.3 is 5.97 Å². The summed E-state index contributed by atoms with van der Waals surface area (Å²) in [6, 6.07) is 0.395. The smallest absolute Gasteiger partial charge is 0.322 e. The first kappa shape index (κ1) is 10.9. The van der Waals surface area contributed by atoms with E-state index < -0.39 is 0 Å². The van der Waals surface area contributed by atoms with Crippen LogP contribution in [-0.4, -0.2) is 25.2 Å². The molecular formula is C12H21NO2. The normalized spacial score (nSPS) is 29.9. The Labute approximate surface area is 91.6 Å². The van der Waals surface area contributed by atoms with Gasteiger partial charge in [0.05, 0.1) is 7.11 Å². The van der Waals surface area contributed by atoms with E-state index in [2.05, 4.69) is 5.32 Å². The molecule has 0 saturated heterocycles. The maximum atomic E-state index is 11.3. The van der Waals surface area contributed by atoms with E-state index in [1.807, 2.05) is 6.92 Å². The summed E-state index contributed by atoms with van der Waals surface area (Å²) in [5.41, 5.74) is 0.530. The first-order chi connectivity index (χ1) is 7.18. The molecule has 2 aliphatic rings. The molecule has 1 unspecified atom stereocenters. The van der Waals surface area contributed by atoms with Crippen molar-refractivity contribution in [1.29, 1.82) is 0 Å². The van der Waals surface area contributed by atoms with Crippen LogP contribution in [0.4, 0.5) is 0 Å².